The van der Waals surface area contributed by atoms with Gasteiger partial charge in [-0.25, -0.2) is 0 Å². The predicted octanol–water partition coefficient (Wildman–Crippen LogP) is 0.543. The van der Waals surface area contributed by atoms with Gasteiger partial charge >= 0.3 is 33.8 Å². The van der Waals surface area contributed by atoms with Crippen LogP contribution in [0, 0.1) is 0 Å². The second-order valence-corrected chi connectivity index (χ2v) is 1.11. The molecule has 0 aromatic heterocycles. The molecule has 2 heteroatoms. The van der Waals surface area contributed by atoms with Crippen LogP contribution in [0.3, 0.4) is 0 Å². The quantitative estimate of drug-likeness (QED) is 0.464. The van der Waals surface area contributed by atoms with Crippen molar-refractivity contribution in [2.45, 2.75) is 26.5 Å². The molecule has 0 atom stereocenters. The van der Waals surface area contributed by atoms with E-state index < -0.39 is 0 Å². The zero-order valence-corrected chi connectivity index (χ0v) is 5.40. The SMILES string of the molecule is CC[B+]CC.C[O-]. The van der Waals surface area contributed by atoms with Gasteiger partial charge in [0, 0.05) is 0 Å². The molecule has 42 valence electrons. The monoisotopic (exact) mass is 100 g/mol. The molecule has 0 spiro atoms. The van der Waals surface area contributed by atoms with Crippen LogP contribution >= 0.6 is 0 Å². The van der Waals surface area contributed by atoms with Crippen LogP contribution in [0.2, 0.25) is 12.6 Å². The molecule has 0 fully saturated rings. The summed E-state index contributed by atoms with van der Waals surface area (Å²) in [5.41, 5.74) is 0. The van der Waals surface area contributed by atoms with Crippen LogP contribution in [0.4, 0.5) is 0 Å². The van der Waals surface area contributed by atoms with E-state index >= 15 is 0 Å². The summed E-state index contributed by atoms with van der Waals surface area (Å²) in [5, 5.41) is 8.25. The first-order valence-corrected chi connectivity index (χ1v) is 2.64. The maximum atomic E-state index is 8.25. The second kappa shape index (κ2) is 16.6. The van der Waals surface area contributed by atoms with Crippen molar-refractivity contribution in [3.63, 3.8) is 0 Å². The summed E-state index contributed by atoms with van der Waals surface area (Å²) in [6.07, 6.45) is 2.44. The van der Waals surface area contributed by atoms with Crippen LogP contribution < -0.4 is 5.11 Å². The maximum absolute atomic E-state index is 8.25. The Morgan fingerprint density at radius 1 is 1.14 bits per heavy atom. The zero-order valence-electron chi connectivity index (χ0n) is 5.40. The van der Waals surface area contributed by atoms with E-state index in [1.807, 2.05) is 0 Å². The van der Waals surface area contributed by atoms with E-state index in [1.165, 1.54) is 12.6 Å². The Morgan fingerprint density at radius 3 is 1.43 bits per heavy atom. The maximum Gasteiger partial charge on any atom is -0.153 e. The third-order valence-electron chi connectivity index (χ3n) is 0.577. The molecule has 0 aliphatic carbocycles. The molecule has 0 saturated carbocycles. The summed E-state index contributed by atoms with van der Waals surface area (Å²) in [7, 11) is 3.00. The molecule has 0 aliphatic rings. The Balaban J connectivity index is 0. The Bertz CT molecular complexity index is 15.6. The fourth-order valence-electron chi connectivity index (χ4n) is 0.289. The summed E-state index contributed by atoms with van der Waals surface area (Å²) in [4.78, 5) is 0. The minimum absolute atomic E-state index is 0.750. The molecule has 0 aromatic carbocycles. The standard InChI is InChI=1S/C4H10B.CH3O/c1-3-5-4-2;1-2/h3-4H2,1-2H3;1H3/q+1;-1. The van der Waals surface area contributed by atoms with E-state index in [4.69, 9.17) is 5.11 Å². The van der Waals surface area contributed by atoms with E-state index in [9.17, 15) is 0 Å². The molecule has 0 N–H and O–H groups in total. The van der Waals surface area contributed by atoms with Crippen molar-refractivity contribution in [3.8, 4) is 0 Å². The molecule has 7 heavy (non-hydrogen) atoms. The van der Waals surface area contributed by atoms with Gasteiger partial charge in [0.15, 0.2) is 0 Å². The normalized spacial score (nSPS) is 5.71. The molecular formula is C5H13BO. The summed E-state index contributed by atoms with van der Waals surface area (Å²) in [5.74, 6) is 0. The van der Waals surface area contributed by atoms with Gasteiger partial charge in [-0.05, 0) is 0 Å². The van der Waals surface area contributed by atoms with Crippen molar-refractivity contribution < 1.29 is 5.11 Å². The number of hydrogen-bond donors (Lipinski definition) is 0. The summed E-state index contributed by atoms with van der Waals surface area (Å²) < 4.78 is 0. The Kier molecular flexibility index (Phi) is 24.0. The molecule has 0 radical (unpaired) electrons. The molecule has 0 saturated heterocycles. The molecule has 0 unspecified atom stereocenters. The van der Waals surface area contributed by atoms with Crippen LogP contribution in [-0.2, 0) is 0 Å². The van der Waals surface area contributed by atoms with Crippen molar-refractivity contribution in [2.75, 3.05) is 7.11 Å². The zero-order chi connectivity index (χ0) is 6.12. The predicted molar refractivity (Wildman–Crippen MR) is 32.6 cm³/mol. The van der Waals surface area contributed by atoms with E-state index in [0.29, 0.717) is 0 Å². The van der Waals surface area contributed by atoms with Gasteiger partial charge in [-0.1, -0.05) is 0 Å². The fraction of sp³-hybridized carbons (Fsp3) is 1.00. The molecule has 0 amide bonds. The van der Waals surface area contributed by atoms with Crippen molar-refractivity contribution in [3.05, 3.63) is 0 Å². The fourth-order valence-corrected chi connectivity index (χ4v) is 0.289. The average molecular weight is 100.0 g/mol. The molecule has 0 rings (SSSR count). The van der Waals surface area contributed by atoms with Gasteiger partial charge in [0.1, 0.15) is 0 Å². The van der Waals surface area contributed by atoms with Gasteiger partial charge in [-0.2, -0.15) is 7.11 Å². The Morgan fingerprint density at radius 2 is 1.43 bits per heavy atom. The first-order chi connectivity index (χ1) is 3.41. The van der Waals surface area contributed by atoms with E-state index in [0.717, 1.165) is 7.11 Å². The van der Waals surface area contributed by atoms with Crippen LogP contribution in [-0.4, -0.2) is 14.4 Å². The van der Waals surface area contributed by atoms with E-state index in [2.05, 4.69) is 21.1 Å². The Hall–Kier alpha value is 0.0249. The molecular weight excluding hydrogens is 86.9 g/mol. The van der Waals surface area contributed by atoms with Crippen molar-refractivity contribution in [1.29, 1.82) is 0 Å². The van der Waals surface area contributed by atoms with Crippen molar-refractivity contribution in [1.82, 2.24) is 0 Å². The summed E-state index contributed by atoms with van der Waals surface area (Å²) >= 11 is 0. The third-order valence-corrected chi connectivity index (χ3v) is 0.577. The second-order valence-electron chi connectivity index (χ2n) is 1.11. The molecule has 0 aliphatic heterocycles. The van der Waals surface area contributed by atoms with E-state index in [-0.39, 0.29) is 0 Å². The number of rotatable bonds is 2. The molecule has 0 bridgehead atoms. The van der Waals surface area contributed by atoms with Gasteiger partial charge in [0.05, 0.1) is 0 Å². The molecule has 1 nitrogen and oxygen atoms in total. The Labute approximate surface area is 47.0 Å². The van der Waals surface area contributed by atoms with Gasteiger partial charge in [-0.15, -0.1) is 0 Å². The number of hydrogen-bond acceptors (Lipinski definition) is 1. The van der Waals surface area contributed by atoms with Gasteiger partial charge in [0.25, 0.3) is 0 Å². The van der Waals surface area contributed by atoms with E-state index in [1.54, 1.807) is 0 Å². The minimum Gasteiger partial charge on any atom is -0.857 e. The van der Waals surface area contributed by atoms with Crippen LogP contribution in [0.1, 0.15) is 13.8 Å². The topological polar surface area (TPSA) is 23.1 Å². The van der Waals surface area contributed by atoms with Crippen molar-refractivity contribution >= 4 is 7.28 Å². The van der Waals surface area contributed by atoms with Gasteiger partial charge < -0.3 is 5.11 Å². The first kappa shape index (κ1) is 10.1. The minimum atomic E-state index is 0.750. The third kappa shape index (κ3) is 23.8. The summed E-state index contributed by atoms with van der Waals surface area (Å²) in [6.45, 7) is 4.31. The largest absolute Gasteiger partial charge is 0.857 e. The van der Waals surface area contributed by atoms with Crippen LogP contribution in [0.25, 0.3) is 0 Å². The smallest absolute Gasteiger partial charge is 0.153 e. The molecule has 0 heterocycles. The summed E-state index contributed by atoms with van der Waals surface area (Å²) in [6, 6.07) is 0. The van der Waals surface area contributed by atoms with Gasteiger partial charge in [-0.3, -0.25) is 0 Å². The van der Waals surface area contributed by atoms with Crippen molar-refractivity contribution in [2.24, 2.45) is 0 Å². The first-order valence-electron chi connectivity index (χ1n) is 2.64. The average Bonchev–Trinajstić information content (AvgIpc) is 1.75. The molecule has 0 aromatic rings. The van der Waals surface area contributed by atoms with Crippen LogP contribution in [0.15, 0.2) is 0 Å². The van der Waals surface area contributed by atoms with Gasteiger partial charge in [0.2, 0.25) is 0 Å². The van der Waals surface area contributed by atoms with Crippen LogP contribution in [0.5, 0.6) is 0 Å².